The molecule has 3 heteroatoms. The van der Waals surface area contributed by atoms with Crippen LogP contribution in [0.4, 0.5) is 0 Å². The molecule has 1 spiro atoms. The number of carbonyl (C=O) groups excluding carboxylic acids is 1. The van der Waals surface area contributed by atoms with E-state index >= 15 is 0 Å². The van der Waals surface area contributed by atoms with Crippen LogP contribution in [0, 0.1) is 0 Å². The molecule has 0 amide bonds. The Labute approximate surface area is 127 Å². The highest BCUT2D eigenvalue weighted by atomic mass is 16.7. The van der Waals surface area contributed by atoms with Gasteiger partial charge >= 0.3 is 0 Å². The van der Waals surface area contributed by atoms with E-state index in [2.05, 4.69) is 12.1 Å². The molecule has 1 heterocycles. The molecule has 1 saturated heterocycles. The van der Waals surface area contributed by atoms with Crippen LogP contribution in [0.15, 0.2) is 30.3 Å². The van der Waals surface area contributed by atoms with E-state index in [0.717, 1.165) is 32.0 Å². The van der Waals surface area contributed by atoms with Crippen LogP contribution in [0.3, 0.4) is 0 Å². The van der Waals surface area contributed by atoms with Crippen molar-refractivity contribution in [2.45, 2.75) is 57.2 Å². The summed E-state index contributed by atoms with van der Waals surface area (Å²) in [5.41, 5.74) is 0.855. The van der Waals surface area contributed by atoms with E-state index in [0.29, 0.717) is 19.6 Å². The van der Waals surface area contributed by atoms with Gasteiger partial charge in [0.2, 0.25) is 0 Å². The van der Waals surface area contributed by atoms with Gasteiger partial charge in [-0.1, -0.05) is 50.6 Å². The molecule has 116 valence electrons. The maximum Gasteiger partial charge on any atom is 0.178 e. The van der Waals surface area contributed by atoms with Crippen molar-refractivity contribution in [2.75, 3.05) is 13.2 Å². The van der Waals surface area contributed by atoms with E-state index in [1.54, 1.807) is 0 Å². The SMILES string of the molecule is CC.O=CCC1(c2ccccc2)CCCCC12OCCO2. The highest BCUT2D eigenvalue weighted by Gasteiger charge is 2.57. The van der Waals surface area contributed by atoms with Gasteiger partial charge in [-0.2, -0.15) is 0 Å². The van der Waals surface area contributed by atoms with Crippen molar-refractivity contribution in [3.05, 3.63) is 35.9 Å². The van der Waals surface area contributed by atoms with Crippen molar-refractivity contribution >= 4 is 6.29 Å². The molecule has 1 saturated carbocycles. The number of hydrogen-bond donors (Lipinski definition) is 0. The monoisotopic (exact) mass is 290 g/mol. The van der Waals surface area contributed by atoms with Crippen LogP contribution in [0.2, 0.25) is 0 Å². The van der Waals surface area contributed by atoms with Gasteiger partial charge in [-0.15, -0.1) is 0 Å². The van der Waals surface area contributed by atoms with Gasteiger partial charge in [0.15, 0.2) is 5.79 Å². The first kappa shape index (κ1) is 16.2. The average molecular weight is 290 g/mol. The van der Waals surface area contributed by atoms with E-state index in [4.69, 9.17) is 9.47 Å². The molecule has 1 aliphatic heterocycles. The lowest BCUT2D eigenvalue weighted by atomic mass is 9.63. The molecule has 3 nitrogen and oxygen atoms in total. The molecule has 1 aromatic rings. The summed E-state index contributed by atoms with van der Waals surface area (Å²) in [4.78, 5) is 11.3. The number of ether oxygens (including phenoxy) is 2. The van der Waals surface area contributed by atoms with Gasteiger partial charge in [-0.3, -0.25) is 0 Å². The Morgan fingerprint density at radius 1 is 1.05 bits per heavy atom. The zero-order valence-electron chi connectivity index (χ0n) is 13.1. The number of carbonyl (C=O) groups is 1. The minimum Gasteiger partial charge on any atom is -0.347 e. The van der Waals surface area contributed by atoms with Crippen LogP contribution >= 0.6 is 0 Å². The minimum atomic E-state index is -0.590. The zero-order chi connectivity index (χ0) is 15.2. The third kappa shape index (κ3) is 2.77. The molecule has 0 radical (unpaired) electrons. The van der Waals surface area contributed by atoms with Crippen molar-refractivity contribution < 1.29 is 14.3 Å². The lowest BCUT2D eigenvalue weighted by Crippen LogP contribution is -2.55. The van der Waals surface area contributed by atoms with E-state index in [-0.39, 0.29) is 5.41 Å². The lowest BCUT2D eigenvalue weighted by Gasteiger charge is -2.49. The van der Waals surface area contributed by atoms with E-state index in [1.165, 1.54) is 5.56 Å². The molecule has 21 heavy (non-hydrogen) atoms. The maximum absolute atomic E-state index is 11.3. The van der Waals surface area contributed by atoms with Gasteiger partial charge in [0, 0.05) is 12.8 Å². The van der Waals surface area contributed by atoms with Gasteiger partial charge < -0.3 is 14.3 Å². The van der Waals surface area contributed by atoms with Crippen LogP contribution in [0.1, 0.15) is 51.5 Å². The predicted octanol–water partition coefficient (Wildman–Crippen LogP) is 3.86. The predicted molar refractivity (Wildman–Crippen MR) is 83.3 cm³/mol. The Bertz CT molecular complexity index is 437. The summed E-state index contributed by atoms with van der Waals surface area (Å²) >= 11 is 0. The van der Waals surface area contributed by atoms with Crippen molar-refractivity contribution in [3.63, 3.8) is 0 Å². The Morgan fingerprint density at radius 3 is 2.29 bits per heavy atom. The first-order valence-electron chi connectivity index (χ1n) is 8.10. The number of rotatable bonds is 3. The third-order valence-electron chi connectivity index (χ3n) is 4.60. The average Bonchev–Trinajstić information content (AvgIpc) is 3.02. The molecule has 2 fully saturated rings. The van der Waals surface area contributed by atoms with Gasteiger partial charge in [0.25, 0.3) is 0 Å². The first-order chi connectivity index (χ1) is 10.3. The topological polar surface area (TPSA) is 35.5 Å². The molecule has 3 rings (SSSR count). The summed E-state index contributed by atoms with van der Waals surface area (Å²) in [5, 5.41) is 0. The molecule has 0 bridgehead atoms. The largest absolute Gasteiger partial charge is 0.347 e. The summed E-state index contributed by atoms with van der Waals surface area (Å²) in [6.07, 6.45) is 5.55. The molecule has 0 aromatic heterocycles. The quantitative estimate of drug-likeness (QED) is 0.793. The van der Waals surface area contributed by atoms with Crippen molar-refractivity contribution in [1.82, 2.24) is 0 Å². The third-order valence-corrected chi connectivity index (χ3v) is 4.60. The highest BCUT2D eigenvalue weighted by Crippen LogP contribution is 2.52. The second-order valence-corrected chi connectivity index (χ2v) is 5.48. The van der Waals surface area contributed by atoms with Crippen LogP contribution in [-0.4, -0.2) is 25.3 Å². The molecule has 2 aliphatic rings. The summed E-state index contributed by atoms with van der Waals surface area (Å²) < 4.78 is 12.0. The van der Waals surface area contributed by atoms with Crippen molar-refractivity contribution in [2.24, 2.45) is 0 Å². The normalized spacial score (nSPS) is 27.0. The Kier molecular flexibility index (Phi) is 5.54. The van der Waals surface area contributed by atoms with Crippen molar-refractivity contribution in [3.8, 4) is 0 Å². The number of aldehydes is 1. The summed E-state index contributed by atoms with van der Waals surface area (Å²) in [7, 11) is 0. The second-order valence-electron chi connectivity index (χ2n) is 5.48. The first-order valence-corrected chi connectivity index (χ1v) is 8.10. The van der Waals surface area contributed by atoms with E-state index in [1.807, 2.05) is 32.0 Å². The Balaban J connectivity index is 0.000000774. The van der Waals surface area contributed by atoms with Gasteiger partial charge in [0.05, 0.1) is 18.6 Å². The number of benzene rings is 1. The lowest BCUT2D eigenvalue weighted by molar-refractivity contribution is -0.227. The van der Waals surface area contributed by atoms with E-state index < -0.39 is 5.79 Å². The van der Waals surface area contributed by atoms with E-state index in [9.17, 15) is 4.79 Å². The van der Waals surface area contributed by atoms with Crippen LogP contribution < -0.4 is 0 Å². The molecule has 1 aliphatic carbocycles. The smallest absolute Gasteiger partial charge is 0.178 e. The summed E-state index contributed by atoms with van der Waals surface area (Å²) in [5.74, 6) is -0.590. The zero-order valence-corrected chi connectivity index (χ0v) is 13.1. The molecule has 1 unspecified atom stereocenters. The Hall–Kier alpha value is -1.19. The molecule has 0 N–H and O–H groups in total. The number of hydrogen-bond acceptors (Lipinski definition) is 3. The standard InChI is InChI=1S/C16H20O3.C2H6/c17-11-10-15(14-6-2-1-3-7-14)8-4-5-9-16(15)18-12-13-19-16;1-2/h1-3,6-7,11H,4-5,8-10,12-13H2;1-2H3. The molecular formula is C18H26O3. The van der Waals surface area contributed by atoms with Crippen LogP contribution in [0.25, 0.3) is 0 Å². The fourth-order valence-corrected chi connectivity index (χ4v) is 3.73. The van der Waals surface area contributed by atoms with Crippen LogP contribution in [0.5, 0.6) is 0 Å². The fourth-order valence-electron chi connectivity index (χ4n) is 3.73. The molecular weight excluding hydrogens is 264 g/mol. The highest BCUT2D eigenvalue weighted by molar-refractivity contribution is 5.55. The van der Waals surface area contributed by atoms with Gasteiger partial charge in [-0.25, -0.2) is 0 Å². The van der Waals surface area contributed by atoms with Crippen LogP contribution in [-0.2, 0) is 19.7 Å². The van der Waals surface area contributed by atoms with Gasteiger partial charge in [-0.05, 0) is 18.4 Å². The van der Waals surface area contributed by atoms with Gasteiger partial charge in [0.1, 0.15) is 6.29 Å². The maximum atomic E-state index is 11.3. The Morgan fingerprint density at radius 2 is 1.67 bits per heavy atom. The summed E-state index contributed by atoms with van der Waals surface area (Å²) in [6, 6.07) is 10.3. The minimum absolute atomic E-state index is 0.315. The molecule has 1 aromatic carbocycles. The molecule has 1 atom stereocenters. The van der Waals surface area contributed by atoms with Crippen molar-refractivity contribution in [1.29, 1.82) is 0 Å². The summed E-state index contributed by atoms with van der Waals surface area (Å²) in [6.45, 7) is 5.26. The fraction of sp³-hybridized carbons (Fsp3) is 0.611. The second kappa shape index (κ2) is 7.19.